The van der Waals surface area contributed by atoms with Crippen LogP contribution in [0, 0.1) is 0 Å². The number of carbonyl (C=O) groups is 1. The third-order valence-corrected chi connectivity index (χ3v) is 6.43. The summed E-state index contributed by atoms with van der Waals surface area (Å²) < 4.78 is 26.8. The predicted molar refractivity (Wildman–Crippen MR) is 116 cm³/mol. The normalized spacial score (nSPS) is 11.2. The van der Waals surface area contributed by atoms with Crippen molar-refractivity contribution in [3.8, 4) is 0 Å². The number of rotatable bonds is 8. The van der Waals surface area contributed by atoms with E-state index in [2.05, 4.69) is 21.6 Å². The van der Waals surface area contributed by atoms with Crippen LogP contribution in [-0.4, -0.2) is 25.9 Å². The number of nitrogens with one attached hydrogen (secondary N) is 2. The molecule has 0 saturated heterocycles. The summed E-state index contributed by atoms with van der Waals surface area (Å²) in [6, 6.07) is 13.3. The summed E-state index contributed by atoms with van der Waals surface area (Å²) in [6.45, 7) is 3.58. The Kier molecular flexibility index (Phi) is 6.81. The Hall–Kier alpha value is -2.52. The van der Waals surface area contributed by atoms with E-state index >= 15 is 0 Å². The Morgan fingerprint density at radius 1 is 1.21 bits per heavy atom. The van der Waals surface area contributed by atoms with Crippen molar-refractivity contribution in [3.63, 3.8) is 0 Å². The molecule has 0 atom stereocenters. The number of carbonyl (C=O) groups excluding carboxylic acids is 1. The third kappa shape index (κ3) is 5.74. The second-order valence-electron chi connectivity index (χ2n) is 6.06. The lowest BCUT2D eigenvalue weighted by Crippen LogP contribution is -2.24. The average Bonchev–Trinajstić information content (AvgIpc) is 3.13. The van der Waals surface area contributed by atoms with Crippen molar-refractivity contribution in [3.05, 3.63) is 88.4 Å². The third-order valence-electron chi connectivity index (χ3n) is 3.87. The summed E-state index contributed by atoms with van der Waals surface area (Å²) in [7, 11) is -3.71. The molecule has 0 saturated carbocycles. The number of nitrogens with zero attached hydrogens (tertiary/aromatic N) is 1. The van der Waals surface area contributed by atoms with Crippen LogP contribution >= 0.6 is 22.9 Å². The second kappa shape index (κ2) is 9.32. The molecule has 2 N–H and O–H groups in total. The van der Waals surface area contributed by atoms with Crippen LogP contribution in [0.3, 0.4) is 0 Å². The minimum Gasteiger partial charge on any atom is -0.298 e. The summed E-state index contributed by atoms with van der Waals surface area (Å²) in [5, 5.41) is 3.81. The summed E-state index contributed by atoms with van der Waals surface area (Å²) in [5.41, 5.74) is 1.27. The molecule has 150 valence electrons. The van der Waals surface area contributed by atoms with E-state index in [-0.39, 0.29) is 17.0 Å². The molecule has 0 bridgehead atoms. The highest BCUT2D eigenvalue weighted by atomic mass is 35.5. The van der Waals surface area contributed by atoms with Gasteiger partial charge in [-0.2, -0.15) is 0 Å². The number of halogens is 1. The summed E-state index contributed by atoms with van der Waals surface area (Å²) in [6.07, 6.45) is 3.79. The number of anilines is 1. The number of hydrogen-bond acceptors (Lipinski definition) is 5. The van der Waals surface area contributed by atoms with Gasteiger partial charge in [-0.3, -0.25) is 10.1 Å². The first kappa shape index (κ1) is 21.2. The lowest BCUT2D eigenvalue weighted by Gasteiger charge is -2.07. The fourth-order valence-corrected chi connectivity index (χ4v) is 4.62. The number of benzene rings is 2. The molecule has 3 aromatic rings. The Balaban J connectivity index is 1.70. The van der Waals surface area contributed by atoms with Crippen molar-refractivity contribution < 1.29 is 13.2 Å². The molecule has 1 heterocycles. The van der Waals surface area contributed by atoms with Gasteiger partial charge >= 0.3 is 0 Å². The minimum atomic E-state index is -3.71. The van der Waals surface area contributed by atoms with Crippen LogP contribution in [0.15, 0.2) is 72.3 Å². The molecule has 9 heteroatoms. The highest BCUT2D eigenvalue weighted by Gasteiger charge is 2.16. The van der Waals surface area contributed by atoms with E-state index in [4.69, 9.17) is 11.6 Å². The van der Waals surface area contributed by atoms with E-state index in [9.17, 15) is 13.2 Å². The van der Waals surface area contributed by atoms with Crippen LogP contribution in [0.25, 0.3) is 0 Å². The Morgan fingerprint density at radius 3 is 2.76 bits per heavy atom. The van der Waals surface area contributed by atoms with Crippen LogP contribution in [0.1, 0.15) is 20.8 Å². The standard InChI is InChI=1S/C20H18ClN3O3S2/c1-2-9-23-29(26,27)18-8-4-6-15(12-18)19(25)24-20-22-13-17(28-20)11-14-5-3-7-16(21)10-14/h2-8,10,12-13,23H,1,9,11H2,(H,22,24,25). The molecular weight excluding hydrogens is 430 g/mol. The van der Waals surface area contributed by atoms with Crippen LogP contribution < -0.4 is 10.0 Å². The molecule has 6 nitrogen and oxygen atoms in total. The van der Waals surface area contributed by atoms with Gasteiger partial charge in [0.25, 0.3) is 5.91 Å². The van der Waals surface area contributed by atoms with Gasteiger partial charge in [0.05, 0.1) is 4.90 Å². The van der Waals surface area contributed by atoms with Gasteiger partial charge in [0, 0.05) is 34.6 Å². The number of hydrogen-bond donors (Lipinski definition) is 2. The van der Waals surface area contributed by atoms with Gasteiger partial charge in [-0.1, -0.05) is 35.9 Å². The fourth-order valence-electron chi connectivity index (χ4n) is 2.52. The number of sulfonamides is 1. The number of amides is 1. The zero-order valence-electron chi connectivity index (χ0n) is 15.3. The van der Waals surface area contributed by atoms with Crippen molar-refractivity contribution in [1.82, 2.24) is 9.71 Å². The lowest BCUT2D eigenvalue weighted by atomic mass is 10.1. The molecule has 0 aliphatic heterocycles. The molecule has 0 aliphatic carbocycles. The average molecular weight is 448 g/mol. The molecule has 0 spiro atoms. The zero-order valence-corrected chi connectivity index (χ0v) is 17.7. The van der Waals surface area contributed by atoms with Gasteiger partial charge in [0.15, 0.2) is 5.13 Å². The van der Waals surface area contributed by atoms with E-state index in [0.717, 1.165) is 10.4 Å². The highest BCUT2D eigenvalue weighted by molar-refractivity contribution is 7.89. The summed E-state index contributed by atoms with van der Waals surface area (Å²) in [5.74, 6) is -0.436. The van der Waals surface area contributed by atoms with Gasteiger partial charge < -0.3 is 0 Å². The first-order valence-electron chi connectivity index (χ1n) is 8.58. The second-order valence-corrected chi connectivity index (χ2v) is 9.38. The fraction of sp³-hybridized carbons (Fsp3) is 0.100. The van der Waals surface area contributed by atoms with Gasteiger partial charge in [-0.05, 0) is 35.9 Å². The highest BCUT2D eigenvalue weighted by Crippen LogP contribution is 2.23. The molecule has 1 aromatic heterocycles. The number of aromatic nitrogens is 1. The Morgan fingerprint density at radius 2 is 2.00 bits per heavy atom. The summed E-state index contributed by atoms with van der Waals surface area (Å²) in [4.78, 5) is 17.7. The number of thiazole rings is 1. The lowest BCUT2D eigenvalue weighted by molar-refractivity contribution is 0.102. The van der Waals surface area contributed by atoms with Crippen molar-refractivity contribution in [1.29, 1.82) is 0 Å². The Bertz CT molecular complexity index is 1140. The van der Waals surface area contributed by atoms with Crippen LogP contribution in [0.5, 0.6) is 0 Å². The van der Waals surface area contributed by atoms with Crippen molar-refractivity contribution in [2.24, 2.45) is 0 Å². The van der Waals surface area contributed by atoms with Crippen molar-refractivity contribution in [2.45, 2.75) is 11.3 Å². The van der Waals surface area contributed by atoms with Gasteiger partial charge in [0.2, 0.25) is 10.0 Å². The largest absolute Gasteiger partial charge is 0.298 e. The molecule has 29 heavy (non-hydrogen) atoms. The minimum absolute atomic E-state index is 0.00721. The quantitative estimate of drug-likeness (QED) is 0.509. The molecule has 0 aliphatic rings. The van der Waals surface area contributed by atoms with Crippen LogP contribution in [-0.2, 0) is 16.4 Å². The van der Waals surface area contributed by atoms with E-state index in [1.807, 2.05) is 24.3 Å². The van der Waals surface area contributed by atoms with E-state index in [1.165, 1.54) is 35.6 Å². The van der Waals surface area contributed by atoms with Crippen molar-refractivity contribution in [2.75, 3.05) is 11.9 Å². The molecule has 3 rings (SSSR count). The van der Waals surface area contributed by atoms with Gasteiger partial charge in [-0.15, -0.1) is 17.9 Å². The molecule has 0 fully saturated rings. The van der Waals surface area contributed by atoms with Gasteiger partial charge in [0.1, 0.15) is 0 Å². The van der Waals surface area contributed by atoms with E-state index in [0.29, 0.717) is 16.6 Å². The molecule has 1 amide bonds. The summed E-state index contributed by atoms with van der Waals surface area (Å²) >= 11 is 7.35. The predicted octanol–water partition coefficient (Wildman–Crippen LogP) is 4.10. The Labute approximate surface area is 178 Å². The topological polar surface area (TPSA) is 88.2 Å². The molecule has 0 radical (unpaired) electrons. The SMILES string of the molecule is C=CCNS(=O)(=O)c1cccc(C(=O)Nc2ncc(Cc3cccc(Cl)c3)s2)c1. The first-order valence-corrected chi connectivity index (χ1v) is 11.3. The molecule has 2 aromatic carbocycles. The zero-order chi connectivity index (χ0) is 20.9. The van der Waals surface area contributed by atoms with Gasteiger partial charge in [-0.25, -0.2) is 18.1 Å². The maximum Gasteiger partial charge on any atom is 0.257 e. The molecule has 0 unspecified atom stereocenters. The van der Waals surface area contributed by atoms with Crippen LogP contribution in [0.2, 0.25) is 5.02 Å². The maximum atomic E-state index is 12.5. The maximum absolute atomic E-state index is 12.5. The first-order chi connectivity index (χ1) is 13.9. The smallest absolute Gasteiger partial charge is 0.257 e. The van der Waals surface area contributed by atoms with E-state index in [1.54, 1.807) is 12.3 Å². The van der Waals surface area contributed by atoms with E-state index < -0.39 is 15.9 Å². The molecular formula is C20H18ClN3O3S2. The van der Waals surface area contributed by atoms with Crippen LogP contribution in [0.4, 0.5) is 5.13 Å². The van der Waals surface area contributed by atoms with Crippen molar-refractivity contribution >= 4 is 44.0 Å². The monoisotopic (exact) mass is 447 g/mol.